The molecule has 246 valence electrons. The van der Waals surface area contributed by atoms with E-state index in [1.54, 1.807) is 18.2 Å². The summed E-state index contributed by atoms with van der Waals surface area (Å²) >= 11 is 0. The Balaban J connectivity index is 1.19. The first kappa shape index (κ1) is 32.0. The van der Waals surface area contributed by atoms with E-state index in [0.717, 1.165) is 79.6 Å². The average Bonchev–Trinajstić information content (AvgIpc) is 3.76. The lowest BCUT2D eigenvalue weighted by molar-refractivity contribution is -0.123. The Kier molecular flexibility index (Phi) is 9.61. The molecule has 3 aliphatic rings. The number of ether oxygens (including phenoxy) is 1. The molecule has 2 amide bonds. The zero-order chi connectivity index (χ0) is 32.4. The molecule has 10 heteroatoms. The normalized spacial score (nSPS) is 23.2. The van der Waals surface area contributed by atoms with Crippen molar-refractivity contribution >= 4 is 17.8 Å². The van der Waals surface area contributed by atoms with Gasteiger partial charge in [0.05, 0.1) is 19.0 Å². The highest BCUT2D eigenvalue weighted by atomic mass is 16.5. The zero-order valence-electron chi connectivity index (χ0n) is 27.6. The molecule has 0 aromatic carbocycles. The summed E-state index contributed by atoms with van der Waals surface area (Å²) in [6.07, 6.45) is 13.8. The van der Waals surface area contributed by atoms with Gasteiger partial charge in [-0.15, -0.1) is 0 Å². The van der Waals surface area contributed by atoms with Crippen molar-refractivity contribution in [2.24, 2.45) is 11.8 Å². The molecule has 46 heavy (non-hydrogen) atoms. The summed E-state index contributed by atoms with van der Waals surface area (Å²) in [6, 6.07) is 8.54. The fraction of sp³-hybridized carbons (Fsp3) is 0.583. The van der Waals surface area contributed by atoms with Crippen molar-refractivity contribution in [2.45, 2.75) is 109 Å². The van der Waals surface area contributed by atoms with Gasteiger partial charge in [-0.25, -0.2) is 9.78 Å². The molecule has 6 rings (SSSR count). The molecule has 0 bridgehead atoms. The maximum atomic E-state index is 14.4. The SMILES string of the molecule is COc1ccc(C2CCC(CN(C(=O)C3CCC(N(C(=O)O)C4CC4)CC3)c3cc(-c4cnn(C(C)C)c4)ccn3)CC2)nc1C. The van der Waals surface area contributed by atoms with Gasteiger partial charge in [-0.05, 0) is 121 Å². The average molecular weight is 629 g/mol. The van der Waals surface area contributed by atoms with Crippen LogP contribution in [0.1, 0.15) is 101 Å². The molecule has 0 atom stereocenters. The van der Waals surface area contributed by atoms with Crippen LogP contribution in [0.15, 0.2) is 42.9 Å². The molecular weight excluding hydrogens is 580 g/mol. The molecule has 3 heterocycles. The molecule has 0 saturated heterocycles. The Hall–Kier alpha value is -3.95. The van der Waals surface area contributed by atoms with Gasteiger partial charge in [-0.1, -0.05) is 0 Å². The van der Waals surface area contributed by atoms with Gasteiger partial charge in [-0.3, -0.25) is 19.4 Å². The number of carbonyl (C=O) groups excluding carboxylic acids is 1. The topological polar surface area (TPSA) is 114 Å². The Morgan fingerprint density at radius 1 is 0.978 bits per heavy atom. The predicted octanol–water partition coefficient (Wildman–Crippen LogP) is 7.25. The van der Waals surface area contributed by atoms with Gasteiger partial charge in [0.1, 0.15) is 11.6 Å². The number of anilines is 1. The lowest BCUT2D eigenvalue weighted by Gasteiger charge is -2.38. The molecule has 0 aliphatic heterocycles. The number of carbonyl (C=O) groups is 2. The number of hydrogen-bond acceptors (Lipinski definition) is 6. The van der Waals surface area contributed by atoms with Gasteiger partial charge in [0.25, 0.3) is 0 Å². The summed E-state index contributed by atoms with van der Waals surface area (Å²) in [5.41, 5.74) is 4.04. The maximum absolute atomic E-state index is 14.4. The Bertz CT molecular complexity index is 1520. The van der Waals surface area contributed by atoms with Gasteiger partial charge < -0.3 is 14.7 Å². The number of carboxylic acid groups (broad SMARTS) is 1. The number of aryl methyl sites for hydroxylation is 1. The van der Waals surface area contributed by atoms with E-state index in [2.05, 4.69) is 25.0 Å². The fourth-order valence-corrected chi connectivity index (χ4v) is 7.51. The molecule has 3 aromatic rings. The number of methoxy groups -OCH3 is 1. The second-order valence-electron chi connectivity index (χ2n) is 13.8. The first-order valence-electron chi connectivity index (χ1n) is 17.1. The minimum Gasteiger partial charge on any atom is -0.495 e. The second-order valence-corrected chi connectivity index (χ2v) is 13.8. The number of amides is 2. The molecule has 0 unspecified atom stereocenters. The second kappa shape index (κ2) is 13.8. The van der Waals surface area contributed by atoms with E-state index < -0.39 is 6.09 Å². The van der Waals surface area contributed by atoms with Crippen LogP contribution in [0.3, 0.4) is 0 Å². The van der Waals surface area contributed by atoms with Gasteiger partial charge in [0.15, 0.2) is 0 Å². The summed E-state index contributed by atoms with van der Waals surface area (Å²) in [7, 11) is 1.68. The van der Waals surface area contributed by atoms with E-state index in [1.165, 1.54) is 0 Å². The standard InChI is InChI=1S/C36H48N6O4/c1-23(2)41-22-29(20-38-41)28-17-18-37-34(19-28)40(35(43)27-9-11-30(12-10-27)42(36(44)45)31-13-14-31)21-25-5-7-26(8-6-25)32-15-16-33(46-4)24(3)39-32/h15-20,22-23,25-27,30-31H,5-14,21H2,1-4H3,(H,44,45). The van der Waals surface area contributed by atoms with Crippen molar-refractivity contribution in [3.63, 3.8) is 0 Å². The minimum atomic E-state index is -0.823. The van der Waals surface area contributed by atoms with Crippen molar-refractivity contribution in [1.29, 1.82) is 0 Å². The molecule has 0 radical (unpaired) electrons. The lowest BCUT2D eigenvalue weighted by atomic mass is 9.79. The Morgan fingerprint density at radius 3 is 2.26 bits per heavy atom. The summed E-state index contributed by atoms with van der Waals surface area (Å²) in [4.78, 5) is 39.5. The number of pyridine rings is 2. The first-order valence-corrected chi connectivity index (χ1v) is 17.1. The van der Waals surface area contributed by atoms with Crippen molar-refractivity contribution in [3.05, 3.63) is 54.2 Å². The van der Waals surface area contributed by atoms with Gasteiger partial charge >= 0.3 is 6.09 Å². The number of hydrogen-bond donors (Lipinski definition) is 1. The summed E-state index contributed by atoms with van der Waals surface area (Å²) in [5.74, 6) is 2.24. The highest BCUT2D eigenvalue weighted by Crippen LogP contribution is 2.39. The van der Waals surface area contributed by atoms with Crippen molar-refractivity contribution in [3.8, 4) is 16.9 Å². The van der Waals surface area contributed by atoms with Crippen LogP contribution >= 0.6 is 0 Å². The fourth-order valence-electron chi connectivity index (χ4n) is 7.51. The highest BCUT2D eigenvalue weighted by molar-refractivity contribution is 5.94. The van der Waals surface area contributed by atoms with Crippen LogP contribution in [0.2, 0.25) is 0 Å². The molecule has 1 N–H and O–H groups in total. The third-order valence-electron chi connectivity index (χ3n) is 10.3. The first-order chi connectivity index (χ1) is 22.2. The van der Waals surface area contributed by atoms with Crippen LogP contribution in [0, 0.1) is 18.8 Å². The van der Waals surface area contributed by atoms with Crippen LogP contribution in [0.5, 0.6) is 5.75 Å². The van der Waals surface area contributed by atoms with Crippen LogP contribution in [-0.4, -0.2) is 67.5 Å². The van der Waals surface area contributed by atoms with E-state index in [4.69, 9.17) is 14.7 Å². The predicted molar refractivity (Wildman–Crippen MR) is 177 cm³/mol. The quantitative estimate of drug-likeness (QED) is 0.252. The zero-order valence-corrected chi connectivity index (χ0v) is 27.6. The Labute approximate surface area is 272 Å². The molecule has 10 nitrogen and oxygen atoms in total. The largest absolute Gasteiger partial charge is 0.495 e. The van der Waals surface area contributed by atoms with E-state index in [-0.39, 0.29) is 30.0 Å². The van der Waals surface area contributed by atoms with E-state index in [9.17, 15) is 14.7 Å². The van der Waals surface area contributed by atoms with E-state index in [0.29, 0.717) is 37.0 Å². The van der Waals surface area contributed by atoms with Gasteiger partial charge in [0, 0.05) is 60.2 Å². The van der Waals surface area contributed by atoms with Crippen LogP contribution in [0.4, 0.5) is 10.6 Å². The maximum Gasteiger partial charge on any atom is 0.407 e. The van der Waals surface area contributed by atoms with Gasteiger partial charge in [0.2, 0.25) is 5.91 Å². The highest BCUT2D eigenvalue weighted by Gasteiger charge is 2.41. The number of aromatic nitrogens is 4. The minimum absolute atomic E-state index is 0.00641. The molecule has 3 fully saturated rings. The third-order valence-corrected chi connectivity index (χ3v) is 10.3. The van der Waals surface area contributed by atoms with E-state index in [1.807, 2.05) is 47.1 Å². The molecule has 0 spiro atoms. The molecular formula is C36H48N6O4. The van der Waals surface area contributed by atoms with E-state index >= 15 is 0 Å². The van der Waals surface area contributed by atoms with Crippen LogP contribution in [0.25, 0.3) is 11.1 Å². The molecule has 3 aliphatic carbocycles. The number of nitrogens with zero attached hydrogens (tertiary/aromatic N) is 6. The lowest BCUT2D eigenvalue weighted by Crippen LogP contribution is -2.46. The van der Waals surface area contributed by atoms with Crippen LogP contribution in [-0.2, 0) is 4.79 Å². The molecule has 3 saturated carbocycles. The van der Waals surface area contributed by atoms with Crippen molar-refractivity contribution in [1.82, 2.24) is 24.6 Å². The summed E-state index contributed by atoms with van der Waals surface area (Å²) < 4.78 is 7.35. The monoisotopic (exact) mass is 628 g/mol. The molecule has 3 aromatic heterocycles. The van der Waals surface area contributed by atoms with Crippen molar-refractivity contribution in [2.75, 3.05) is 18.6 Å². The van der Waals surface area contributed by atoms with Crippen LogP contribution < -0.4 is 9.64 Å². The number of rotatable bonds is 10. The Morgan fingerprint density at radius 2 is 1.67 bits per heavy atom. The summed E-state index contributed by atoms with van der Waals surface area (Å²) in [6.45, 7) is 6.83. The van der Waals surface area contributed by atoms with Crippen molar-refractivity contribution < 1.29 is 19.4 Å². The third kappa shape index (κ3) is 7.05. The smallest absolute Gasteiger partial charge is 0.407 e. The summed E-state index contributed by atoms with van der Waals surface area (Å²) in [5, 5.41) is 14.4. The van der Waals surface area contributed by atoms with Gasteiger partial charge in [-0.2, -0.15) is 5.10 Å².